The number of hydrogen-bond donors (Lipinski definition) is 0. The Morgan fingerprint density at radius 1 is 1.18 bits per heavy atom. The highest BCUT2D eigenvalue weighted by Crippen LogP contribution is 1.50. The highest BCUT2D eigenvalue weighted by atomic mass is 14.6. The van der Waals surface area contributed by atoms with Crippen LogP contribution in [0, 0.1) is 0 Å². The van der Waals surface area contributed by atoms with Crippen molar-refractivity contribution in [1.29, 1.82) is 0 Å². The second-order valence-corrected chi connectivity index (χ2v) is 0.948. The van der Waals surface area contributed by atoms with Crippen molar-refractivity contribution in [2.45, 2.75) is 41.5 Å². The van der Waals surface area contributed by atoms with Crippen molar-refractivity contribution in [1.82, 2.24) is 0 Å². The first-order valence-corrected chi connectivity index (χ1v) is 4.33. The van der Waals surface area contributed by atoms with Crippen LogP contribution in [0.2, 0.25) is 0 Å². The lowest BCUT2D eigenvalue weighted by Gasteiger charge is -1.61. The molecule has 0 aromatic carbocycles. The van der Waals surface area contributed by atoms with Crippen molar-refractivity contribution in [2.24, 2.45) is 4.99 Å². The normalized spacial score (nSPS) is 4.55. The second-order valence-electron chi connectivity index (χ2n) is 0.948. The lowest BCUT2D eigenvalue weighted by atomic mass is 10.8. The van der Waals surface area contributed by atoms with E-state index >= 15 is 0 Å². The van der Waals surface area contributed by atoms with Crippen LogP contribution in [-0.4, -0.2) is 13.3 Å². The van der Waals surface area contributed by atoms with Crippen LogP contribution in [0.4, 0.5) is 0 Å². The Labute approximate surface area is 73.2 Å². The fourth-order valence-corrected chi connectivity index (χ4v) is 0. The van der Waals surface area contributed by atoms with Crippen LogP contribution in [-0.2, 0) is 0 Å². The van der Waals surface area contributed by atoms with Gasteiger partial charge in [-0.25, -0.2) is 0 Å². The number of rotatable bonds is 1. The average molecular weight is 159 g/mol. The minimum Gasteiger partial charge on any atom is -0.301 e. The zero-order valence-corrected chi connectivity index (χ0v) is 9.15. The zero-order valence-electron chi connectivity index (χ0n) is 9.15. The zero-order chi connectivity index (χ0) is 10.1. The van der Waals surface area contributed by atoms with Gasteiger partial charge < -0.3 is 4.99 Å². The molecule has 0 radical (unpaired) electrons. The summed E-state index contributed by atoms with van der Waals surface area (Å²) >= 11 is 0. The molecule has 0 fully saturated rings. The van der Waals surface area contributed by atoms with Crippen molar-refractivity contribution in [3.8, 4) is 0 Å². The molecule has 1 nitrogen and oxygen atoms in total. The van der Waals surface area contributed by atoms with E-state index in [2.05, 4.69) is 18.3 Å². The minimum atomic E-state index is 0.833. The van der Waals surface area contributed by atoms with E-state index in [4.69, 9.17) is 0 Å². The lowest BCUT2D eigenvalue weighted by molar-refractivity contribution is 1.15. The molecule has 0 saturated heterocycles. The molecule has 0 aliphatic rings. The fraction of sp³-hybridized carbons (Fsp3) is 0.700. The van der Waals surface area contributed by atoms with E-state index in [-0.39, 0.29) is 0 Å². The molecule has 0 N–H and O–H groups in total. The lowest BCUT2D eigenvalue weighted by Crippen LogP contribution is -1.54. The molecule has 1 heteroatoms. The van der Waals surface area contributed by atoms with Gasteiger partial charge in [0.1, 0.15) is 0 Å². The quantitative estimate of drug-likeness (QED) is 0.406. The number of aliphatic imine (C=N–C) groups is 1. The van der Waals surface area contributed by atoms with Crippen LogP contribution < -0.4 is 0 Å². The standard InChI is InChI=1S/C3H7N.C3H6.2C2H6/c1-3-4-2;1-3-2;2*1-2/h2-3H2,1H3;3H,1H2,2H3;2*1-2H3. The summed E-state index contributed by atoms with van der Waals surface area (Å²) in [6, 6.07) is 0. The molecule has 0 aromatic rings. The van der Waals surface area contributed by atoms with Gasteiger partial charge in [-0.15, -0.1) is 6.58 Å². The van der Waals surface area contributed by atoms with Gasteiger partial charge in [0.25, 0.3) is 0 Å². The first kappa shape index (κ1) is 22.4. The van der Waals surface area contributed by atoms with Crippen LogP contribution in [0.15, 0.2) is 17.6 Å². The summed E-state index contributed by atoms with van der Waals surface area (Å²) in [6.07, 6.45) is 1.75. The maximum Gasteiger partial charge on any atom is 0.0353 e. The molecule has 11 heavy (non-hydrogen) atoms. The third kappa shape index (κ3) is 3070. The van der Waals surface area contributed by atoms with E-state index in [1.165, 1.54) is 0 Å². The molecule has 70 valence electrons. The van der Waals surface area contributed by atoms with Gasteiger partial charge in [0, 0.05) is 6.54 Å². The Hall–Kier alpha value is -0.590. The molecule has 0 heterocycles. The van der Waals surface area contributed by atoms with E-state index in [1.807, 2.05) is 41.5 Å². The maximum atomic E-state index is 3.49. The highest BCUT2D eigenvalue weighted by Gasteiger charge is 1.43. The largest absolute Gasteiger partial charge is 0.301 e. The van der Waals surface area contributed by atoms with Gasteiger partial charge in [-0.05, 0) is 20.6 Å². The SMILES string of the molecule is C=CC.C=NCC.CC.CC. The topological polar surface area (TPSA) is 12.4 Å². The Kier molecular flexibility index (Phi) is 234. The number of hydrogen-bond acceptors (Lipinski definition) is 1. The van der Waals surface area contributed by atoms with Gasteiger partial charge in [0.2, 0.25) is 0 Å². The van der Waals surface area contributed by atoms with Crippen LogP contribution >= 0.6 is 0 Å². The summed E-state index contributed by atoms with van der Waals surface area (Å²) in [4.78, 5) is 3.49. The first-order valence-electron chi connectivity index (χ1n) is 4.33. The molecule has 0 aliphatic carbocycles. The molecule has 0 saturated carbocycles. The van der Waals surface area contributed by atoms with E-state index in [0.29, 0.717) is 0 Å². The molecule has 0 amide bonds. The molecular formula is C10H25N. The Morgan fingerprint density at radius 3 is 1.27 bits per heavy atom. The molecule has 0 aliphatic heterocycles. The van der Waals surface area contributed by atoms with Crippen LogP contribution in [0.1, 0.15) is 41.5 Å². The molecule has 0 spiro atoms. The first-order chi connectivity index (χ1) is 5.33. The Morgan fingerprint density at radius 2 is 1.27 bits per heavy atom. The smallest absolute Gasteiger partial charge is 0.0353 e. The fourth-order valence-electron chi connectivity index (χ4n) is 0. The van der Waals surface area contributed by atoms with Crippen LogP contribution in [0.3, 0.4) is 0 Å². The molecule has 0 aromatic heterocycles. The third-order valence-electron chi connectivity index (χ3n) is 0.224. The van der Waals surface area contributed by atoms with Gasteiger partial charge in [-0.1, -0.05) is 33.8 Å². The summed E-state index contributed by atoms with van der Waals surface area (Å²) < 4.78 is 0. The summed E-state index contributed by atoms with van der Waals surface area (Å²) in [5, 5.41) is 0. The van der Waals surface area contributed by atoms with Gasteiger partial charge in [0.05, 0.1) is 0 Å². The van der Waals surface area contributed by atoms with Crippen LogP contribution in [0.25, 0.3) is 0 Å². The van der Waals surface area contributed by atoms with E-state index < -0.39 is 0 Å². The minimum absolute atomic E-state index is 0.833. The highest BCUT2D eigenvalue weighted by molar-refractivity contribution is 5.22. The Bertz CT molecular complexity index is 40.1. The summed E-state index contributed by atoms with van der Waals surface area (Å²) in [6.45, 7) is 19.3. The molecule has 0 rings (SSSR count). The van der Waals surface area contributed by atoms with Crippen molar-refractivity contribution >= 4 is 6.72 Å². The average Bonchev–Trinajstić information content (AvgIpc) is 2.12. The molecule has 0 atom stereocenters. The van der Waals surface area contributed by atoms with Crippen LogP contribution in [0.5, 0.6) is 0 Å². The molecule has 0 bridgehead atoms. The predicted molar refractivity (Wildman–Crippen MR) is 58.7 cm³/mol. The van der Waals surface area contributed by atoms with Gasteiger partial charge in [-0.2, -0.15) is 0 Å². The van der Waals surface area contributed by atoms with E-state index in [9.17, 15) is 0 Å². The molecule has 0 unspecified atom stereocenters. The number of allylic oxidation sites excluding steroid dienone is 1. The van der Waals surface area contributed by atoms with Crippen molar-refractivity contribution in [3.05, 3.63) is 12.7 Å². The van der Waals surface area contributed by atoms with Gasteiger partial charge in [0.15, 0.2) is 0 Å². The molecular weight excluding hydrogens is 134 g/mol. The third-order valence-corrected chi connectivity index (χ3v) is 0.224. The van der Waals surface area contributed by atoms with Gasteiger partial charge in [-0.3, -0.25) is 0 Å². The van der Waals surface area contributed by atoms with E-state index in [1.54, 1.807) is 6.08 Å². The summed E-state index contributed by atoms with van der Waals surface area (Å²) in [5.41, 5.74) is 0. The summed E-state index contributed by atoms with van der Waals surface area (Å²) in [7, 11) is 0. The maximum absolute atomic E-state index is 3.49. The van der Waals surface area contributed by atoms with E-state index in [0.717, 1.165) is 6.54 Å². The van der Waals surface area contributed by atoms with Gasteiger partial charge >= 0.3 is 0 Å². The van der Waals surface area contributed by atoms with Crippen molar-refractivity contribution in [3.63, 3.8) is 0 Å². The second kappa shape index (κ2) is 115. The predicted octanol–water partition coefficient (Wildman–Crippen LogP) is 3.95. The monoisotopic (exact) mass is 159 g/mol. The summed E-state index contributed by atoms with van der Waals surface area (Å²) in [5.74, 6) is 0. The van der Waals surface area contributed by atoms with Crippen molar-refractivity contribution in [2.75, 3.05) is 6.54 Å². The Balaban J connectivity index is -0.0000000315. The van der Waals surface area contributed by atoms with Crippen molar-refractivity contribution < 1.29 is 0 Å². The number of nitrogens with zero attached hydrogens (tertiary/aromatic N) is 1.